The van der Waals surface area contributed by atoms with Gasteiger partial charge < -0.3 is 5.32 Å². The highest BCUT2D eigenvalue weighted by Crippen LogP contribution is 2.34. The predicted octanol–water partition coefficient (Wildman–Crippen LogP) is 5.88. The molecule has 0 spiro atoms. The summed E-state index contributed by atoms with van der Waals surface area (Å²) in [5, 5.41) is 3.87. The van der Waals surface area contributed by atoms with E-state index in [9.17, 15) is 0 Å². The van der Waals surface area contributed by atoms with E-state index in [0.29, 0.717) is 11.8 Å². The molecule has 0 bridgehead atoms. The molecule has 0 aliphatic heterocycles. The fourth-order valence-electron chi connectivity index (χ4n) is 3.40. The Bertz CT molecular complexity index is 758. The Balaban J connectivity index is 2.11. The standard InChI is InChI=1S/C24H29N2/c1-18(2)21-14-11-15-22(19(3)4)23(21)25-24(20-12-7-5-8-13-20)26-16-9-6-10-17-26/h5-19,24-25H,1-4H3/q+1. The number of nitrogens with one attached hydrogen (secondary N) is 1. The van der Waals surface area contributed by atoms with Crippen molar-refractivity contribution in [2.75, 3.05) is 5.32 Å². The Morgan fingerprint density at radius 3 is 1.73 bits per heavy atom. The second-order valence-corrected chi connectivity index (χ2v) is 7.40. The normalized spacial score (nSPS) is 12.4. The lowest BCUT2D eigenvalue weighted by molar-refractivity contribution is -0.707. The zero-order valence-corrected chi connectivity index (χ0v) is 16.2. The number of para-hydroxylation sites is 1. The fourth-order valence-corrected chi connectivity index (χ4v) is 3.40. The first-order chi connectivity index (χ1) is 12.6. The van der Waals surface area contributed by atoms with Crippen molar-refractivity contribution >= 4 is 5.69 Å². The highest BCUT2D eigenvalue weighted by atomic mass is 15.2. The molecule has 1 atom stereocenters. The van der Waals surface area contributed by atoms with Crippen LogP contribution < -0.4 is 9.88 Å². The van der Waals surface area contributed by atoms with Crippen LogP contribution in [0.25, 0.3) is 0 Å². The van der Waals surface area contributed by atoms with Gasteiger partial charge in [0.2, 0.25) is 0 Å². The number of aromatic nitrogens is 1. The van der Waals surface area contributed by atoms with Gasteiger partial charge in [0, 0.05) is 23.4 Å². The summed E-state index contributed by atoms with van der Waals surface area (Å²) in [6.45, 7) is 9.05. The van der Waals surface area contributed by atoms with Crippen molar-refractivity contribution in [3.05, 3.63) is 95.8 Å². The Kier molecular flexibility index (Phi) is 5.72. The zero-order chi connectivity index (χ0) is 18.5. The van der Waals surface area contributed by atoms with Crippen LogP contribution in [0.1, 0.15) is 62.4 Å². The third-order valence-electron chi connectivity index (χ3n) is 4.81. The number of hydrogen-bond donors (Lipinski definition) is 1. The maximum Gasteiger partial charge on any atom is 0.257 e. The molecule has 1 heterocycles. The summed E-state index contributed by atoms with van der Waals surface area (Å²) in [6, 6.07) is 23.5. The molecule has 26 heavy (non-hydrogen) atoms. The minimum Gasteiger partial charge on any atom is -0.323 e. The van der Waals surface area contributed by atoms with Crippen LogP contribution in [-0.4, -0.2) is 0 Å². The molecule has 0 fully saturated rings. The van der Waals surface area contributed by atoms with Crippen molar-refractivity contribution in [2.24, 2.45) is 0 Å². The molecule has 1 N–H and O–H groups in total. The van der Waals surface area contributed by atoms with Crippen LogP contribution in [0.15, 0.2) is 79.1 Å². The Labute approximate surface area is 157 Å². The monoisotopic (exact) mass is 345 g/mol. The second-order valence-electron chi connectivity index (χ2n) is 7.40. The first-order valence-corrected chi connectivity index (χ1v) is 9.48. The van der Waals surface area contributed by atoms with Crippen molar-refractivity contribution < 1.29 is 4.57 Å². The van der Waals surface area contributed by atoms with Crippen molar-refractivity contribution in [1.29, 1.82) is 0 Å². The van der Waals surface area contributed by atoms with Crippen LogP contribution in [0.5, 0.6) is 0 Å². The molecule has 2 nitrogen and oxygen atoms in total. The van der Waals surface area contributed by atoms with Gasteiger partial charge in [-0.05, 0) is 23.0 Å². The lowest BCUT2D eigenvalue weighted by atomic mass is 9.92. The van der Waals surface area contributed by atoms with Crippen LogP contribution in [0.4, 0.5) is 5.69 Å². The summed E-state index contributed by atoms with van der Waals surface area (Å²) in [6.07, 6.45) is 4.30. The van der Waals surface area contributed by atoms with Crippen LogP contribution in [-0.2, 0) is 0 Å². The van der Waals surface area contributed by atoms with Crippen LogP contribution in [0.3, 0.4) is 0 Å². The van der Waals surface area contributed by atoms with Gasteiger partial charge in [-0.25, -0.2) is 0 Å². The maximum atomic E-state index is 3.87. The Hall–Kier alpha value is -2.61. The molecule has 3 aromatic rings. The number of pyridine rings is 1. The summed E-state index contributed by atoms with van der Waals surface area (Å²) in [7, 11) is 0. The van der Waals surface area contributed by atoms with E-state index in [4.69, 9.17) is 0 Å². The fraction of sp³-hybridized carbons (Fsp3) is 0.292. The third kappa shape index (κ3) is 3.96. The summed E-state index contributed by atoms with van der Waals surface area (Å²) in [5.74, 6) is 0.932. The van der Waals surface area contributed by atoms with E-state index < -0.39 is 0 Å². The molecule has 1 unspecified atom stereocenters. The van der Waals surface area contributed by atoms with Crippen LogP contribution in [0, 0.1) is 0 Å². The van der Waals surface area contributed by atoms with Crippen molar-refractivity contribution in [3.8, 4) is 0 Å². The largest absolute Gasteiger partial charge is 0.323 e. The Morgan fingerprint density at radius 2 is 1.19 bits per heavy atom. The lowest BCUT2D eigenvalue weighted by Crippen LogP contribution is -2.44. The van der Waals surface area contributed by atoms with E-state index in [0.717, 1.165) is 0 Å². The third-order valence-corrected chi connectivity index (χ3v) is 4.81. The van der Waals surface area contributed by atoms with E-state index in [1.165, 1.54) is 22.4 Å². The maximum absolute atomic E-state index is 3.87. The van der Waals surface area contributed by atoms with E-state index in [1.54, 1.807) is 0 Å². The smallest absolute Gasteiger partial charge is 0.257 e. The van der Waals surface area contributed by atoms with Gasteiger partial charge in [0.05, 0.1) is 0 Å². The van der Waals surface area contributed by atoms with Gasteiger partial charge in [-0.1, -0.05) is 82.3 Å². The van der Waals surface area contributed by atoms with E-state index in [-0.39, 0.29) is 6.17 Å². The molecule has 0 aliphatic rings. The van der Waals surface area contributed by atoms with Crippen molar-refractivity contribution in [1.82, 2.24) is 0 Å². The van der Waals surface area contributed by atoms with Gasteiger partial charge in [0.25, 0.3) is 6.17 Å². The van der Waals surface area contributed by atoms with Gasteiger partial charge >= 0.3 is 0 Å². The topological polar surface area (TPSA) is 15.9 Å². The molecule has 0 saturated carbocycles. The minimum atomic E-state index is 0.0507. The van der Waals surface area contributed by atoms with Gasteiger partial charge in [0.1, 0.15) is 0 Å². The summed E-state index contributed by atoms with van der Waals surface area (Å²) >= 11 is 0. The molecule has 134 valence electrons. The number of rotatable bonds is 6. The first kappa shape index (κ1) is 18.2. The molecule has 3 rings (SSSR count). The highest BCUT2D eigenvalue weighted by molar-refractivity contribution is 5.60. The lowest BCUT2D eigenvalue weighted by Gasteiger charge is -2.24. The number of benzene rings is 2. The SMILES string of the molecule is CC(C)c1cccc(C(C)C)c1NC(c1ccccc1)[n+]1ccccc1. The average molecular weight is 346 g/mol. The average Bonchev–Trinajstić information content (AvgIpc) is 2.67. The predicted molar refractivity (Wildman–Crippen MR) is 109 cm³/mol. The minimum absolute atomic E-state index is 0.0507. The molecule has 1 aromatic heterocycles. The summed E-state index contributed by atoms with van der Waals surface area (Å²) in [4.78, 5) is 0. The molecular formula is C24H29N2+. The second kappa shape index (κ2) is 8.18. The van der Waals surface area contributed by atoms with E-state index in [2.05, 4.69) is 117 Å². The number of hydrogen-bond acceptors (Lipinski definition) is 1. The summed E-state index contributed by atoms with van der Waals surface area (Å²) in [5.41, 5.74) is 5.25. The number of nitrogens with zero attached hydrogens (tertiary/aromatic N) is 1. The molecule has 0 radical (unpaired) electrons. The van der Waals surface area contributed by atoms with E-state index >= 15 is 0 Å². The molecular weight excluding hydrogens is 316 g/mol. The van der Waals surface area contributed by atoms with Crippen LogP contribution >= 0.6 is 0 Å². The molecule has 0 aliphatic carbocycles. The Morgan fingerprint density at radius 1 is 0.654 bits per heavy atom. The molecule has 0 amide bonds. The van der Waals surface area contributed by atoms with Gasteiger partial charge in [-0.15, -0.1) is 0 Å². The highest BCUT2D eigenvalue weighted by Gasteiger charge is 2.24. The first-order valence-electron chi connectivity index (χ1n) is 9.48. The van der Waals surface area contributed by atoms with Gasteiger partial charge in [0.15, 0.2) is 12.4 Å². The van der Waals surface area contributed by atoms with Crippen LogP contribution in [0.2, 0.25) is 0 Å². The van der Waals surface area contributed by atoms with Gasteiger partial charge in [-0.2, -0.15) is 4.57 Å². The quantitative estimate of drug-likeness (QED) is 0.552. The van der Waals surface area contributed by atoms with E-state index in [1.807, 2.05) is 0 Å². The van der Waals surface area contributed by atoms with Crippen molar-refractivity contribution in [2.45, 2.75) is 45.7 Å². The molecule has 0 saturated heterocycles. The molecule has 2 heteroatoms. The molecule has 2 aromatic carbocycles. The van der Waals surface area contributed by atoms with Crippen molar-refractivity contribution in [3.63, 3.8) is 0 Å². The number of anilines is 1. The summed E-state index contributed by atoms with van der Waals surface area (Å²) < 4.78 is 2.23. The zero-order valence-electron chi connectivity index (χ0n) is 16.2. The van der Waals surface area contributed by atoms with Gasteiger partial charge in [-0.3, -0.25) is 0 Å².